The summed E-state index contributed by atoms with van der Waals surface area (Å²) in [6, 6.07) is 5.93. The van der Waals surface area contributed by atoms with Gasteiger partial charge in [0.25, 0.3) is 0 Å². The first-order chi connectivity index (χ1) is 10.0. The van der Waals surface area contributed by atoms with Crippen molar-refractivity contribution in [2.75, 3.05) is 32.3 Å². The molecular weight excluding hydrogens is 290 g/mol. The highest BCUT2D eigenvalue weighted by Gasteiger charge is 2.23. The second-order valence-corrected chi connectivity index (χ2v) is 7.58. The number of rotatable bonds is 6. The Morgan fingerprint density at radius 3 is 2.67 bits per heavy atom. The van der Waals surface area contributed by atoms with Gasteiger partial charge in [-0.3, -0.25) is 0 Å². The third-order valence-corrected chi connectivity index (χ3v) is 5.58. The molecule has 0 saturated carbocycles. The molecule has 6 heteroatoms. The third kappa shape index (κ3) is 4.61. The van der Waals surface area contributed by atoms with E-state index in [0.717, 1.165) is 37.1 Å². The molecule has 1 aliphatic rings. The summed E-state index contributed by atoms with van der Waals surface area (Å²) in [4.78, 5) is 0. The molecule has 0 bridgehead atoms. The fourth-order valence-electron chi connectivity index (χ4n) is 2.64. The van der Waals surface area contributed by atoms with Gasteiger partial charge in [0.15, 0.2) is 21.3 Å². The van der Waals surface area contributed by atoms with Crippen molar-refractivity contribution in [2.45, 2.75) is 25.3 Å². The standard InChI is InChI=1S/C15H23NO4S/c1-19-14-6-5-12(10-15(14)20-2)7-8-16-13-4-3-9-21(17,18)11-13/h5-6,10,13,16H,3-4,7-9,11H2,1-2H3/t13-/m0/s1. The molecule has 0 amide bonds. The van der Waals surface area contributed by atoms with E-state index >= 15 is 0 Å². The van der Waals surface area contributed by atoms with Crippen LogP contribution < -0.4 is 14.8 Å². The van der Waals surface area contributed by atoms with Gasteiger partial charge in [0.05, 0.1) is 25.7 Å². The summed E-state index contributed by atoms with van der Waals surface area (Å²) >= 11 is 0. The second-order valence-electron chi connectivity index (χ2n) is 5.35. The van der Waals surface area contributed by atoms with Crippen LogP contribution in [0.3, 0.4) is 0 Å². The van der Waals surface area contributed by atoms with Crippen molar-refractivity contribution in [3.63, 3.8) is 0 Å². The highest BCUT2D eigenvalue weighted by molar-refractivity contribution is 7.91. The predicted octanol–water partition coefficient (Wildman–Crippen LogP) is 1.41. The molecule has 0 unspecified atom stereocenters. The quantitative estimate of drug-likeness (QED) is 0.860. The average Bonchev–Trinajstić information content (AvgIpc) is 2.46. The van der Waals surface area contributed by atoms with Gasteiger partial charge in [0.2, 0.25) is 0 Å². The van der Waals surface area contributed by atoms with Crippen molar-refractivity contribution in [3.05, 3.63) is 23.8 Å². The Balaban J connectivity index is 1.86. The number of hydrogen-bond acceptors (Lipinski definition) is 5. The number of methoxy groups -OCH3 is 2. The minimum atomic E-state index is -2.85. The van der Waals surface area contributed by atoms with Crippen LogP contribution >= 0.6 is 0 Å². The molecule has 0 spiro atoms. The Hall–Kier alpha value is -1.27. The van der Waals surface area contributed by atoms with Gasteiger partial charge in [-0.2, -0.15) is 0 Å². The summed E-state index contributed by atoms with van der Waals surface area (Å²) in [7, 11) is 0.386. The SMILES string of the molecule is COc1ccc(CCN[C@H]2CCCS(=O)(=O)C2)cc1OC. The van der Waals surface area contributed by atoms with Gasteiger partial charge in [0.1, 0.15) is 0 Å². The highest BCUT2D eigenvalue weighted by atomic mass is 32.2. The smallest absolute Gasteiger partial charge is 0.160 e. The topological polar surface area (TPSA) is 64.6 Å². The molecule has 0 aliphatic carbocycles. The zero-order chi connectivity index (χ0) is 15.3. The van der Waals surface area contributed by atoms with E-state index in [1.54, 1.807) is 14.2 Å². The number of sulfone groups is 1. The van der Waals surface area contributed by atoms with Gasteiger partial charge < -0.3 is 14.8 Å². The number of nitrogens with one attached hydrogen (secondary N) is 1. The molecule has 1 fully saturated rings. The number of benzene rings is 1. The number of ether oxygens (including phenoxy) is 2. The van der Waals surface area contributed by atoms with Crippen LogP contribution in [0.25, 0.3) is 0 Å². The van der Waals surface area contributed by atoms with E-state index in [0.29, 0.717) is 11.5 Å². The lowest BCUT2D eigenvalue weighted by Gasteiger charge is -2.23. The third-order valence-electron chi connectivity index (χ3n) is 3.76. The summed E-state index contributed by atoms with van der Waals surface area (Å²) < 4.78 is 33.6. The summed E-state index contributed by atoms with van der Waals surface area (Å²) in [6.07, 6.45) is 2.53. The Kier molecular flexibility index (Phi) is 5.47. The maximum Gasteiger partial charge on any atom is 0.160 e. The molecule has 1 saturated heterocycles. The molecule has 21 heavy (non-hydrogen) atoms. The Morgan fingerprint density at radius 2 is 2.00 bits per heavy atom. The molecule has 1 N–H and O–H groups in total. The lowest BCUT2D eigenvalue weighted by molar-refractivity contribution is 0.354. The van der Waals surface area contributed by atoms with E-state index in [2.05, 4.69) is 5.32 Å². The lowest BCUT2D eigenvalue weighted by atomic mass is 10.1. The molecule has 118 valence electrons. The average molecular weight is 313 g/mol. The van der Waals surface area contributed by atoms with Gasteiger partial charge in [-0.05, 0) is 43.5 Å². The number of hydrogen-bond donors (Lipinski definition) is 1. The minimum absolute atomic E-state index is 0.0869. The molecule has 0 aromatic heterocycles. The van der Waals surface area contributed by atoms with E-state index in [1.165, 1.54) is 0 Å². The van der Waals surface area contributed by atoms with Crippen LogP contribution in [0.15, 0.2) is 18.2 Å². The van der Waals surface area contributed by atoms with Crippen molar-refractivity contribution < 1.29 is 17.9 Å². The first-order valence-corrected chi connectivity index (χ1v) is 9.01. The van der Waals surface area contributed by atoms with Crippen molar-refractivity contribution in [3.8, 4) is 11.5 Å². The van der Waals surface area contributed by atoms with Crippen LogP contribution in [-0.2, 0) is 16.3 Å². The van der Waals surface area contributed by atoms with Crippen LogP contribution in [-0.4, -0.2) is 46.7 Å². The Morgan fingerprint density at radius 1 is 1.24 bits per heavy atom. The van der Waals surface area contributed by atoms with Crippen molar-refractivity contribution >= 4 is 9.84 Å². The summed E-state index contributed by atoms with van der Waals surface area (Å²) in [5, 5.41) is 3.34. The van der Waals surface area contributed by atoms with Crippen LogP contribution in [0.2, 0.25) is 0 Å². The van der Waals surface area contributed by atoms with Gasteiger partial charge in [-0.1, -0.05) is 6.07 Å². The summed E-state index contributed by atoms with van der Waals surface area (Å²) in [6.45, 7) is 0.760. The Labute approximate surface area is 126 Å². The van der Waals surface area contributed by atoms with Gasteiger partial charge in [0, 0.05) is 6.04 Å². The van der Waals surface area contributed by atoms with E-state index in [4.69, 9.17) is 9.47 Å². The van der Waals surface area contributed by atoms with E-state index in [-0.39, 0.29) is 11.8 Å². The monoisotopic (exact) mass is 313 g/mol. The molecule has 5 nitrogen and oxygen atoms in total. The maximum absolute atomic E-state index is 11.6. The van der Waals surface area contributed by atoms with Gasteiger partial charge >= 0.3 is 0 Å². The molecule has 1 aliphatic heterocycles. The summed E-state index contributed by atoms with van der Waals surface area (Å²) in [5.74, 6) is 2.03. The minimum Gasteiger partial charge on any atom is -0.493 e. The molecule has 0 radical (unpaired) electrons. The van der Waals surface area contributed by atoms with Crippen LogP contribution in [0.5, 0.6) is 11.5 Å². The van der Waals surface area contributed by atoms with Crippen LogP contribution in [0, 0.1) is 0 Å². The van der Waals surface area contributed by atoms with Crippen LogP contribution in [0.4, 0.5) is 0 Å². The largest absolute Gasteiger partial charge is 0.493 e. The molecule has 1 atom stereocenters. The molecular formula is C15H23NO4S. The van der Waals surface area contributed by atoms with E-state index in [9.17, 15) is 8.42 Å². The lowest BCUT2D eigenvalue weighted by Crippen LogP contribution is -2.40. The highest BCUT2D eigenvalue weighted by Crippen LogP contribution is 2.27. The molecule has 1 aromatic rings. The normalized spacial score (nSPS) is 21.0. The van der Waals surface area contributed by atoms with E-state index in [1.807, 2.05) is 18.2 Å². The second kappa shape index (κ2) is 7.13. The predicted molar refractivity (Wildman–Crippen MR) is 82.9 cm³/mol. The first-order valence-electron chi connectivity index (χ1n) is 7.19. The van der Waals surface area contributed by atoms with Crippen LogP contribution in [0.1, 0.15) is 18.4 Å². The summed E-state index contributed by atoms with van der Waals surface area (Å²) in [5.41, 5.74) is 1.14. The zero-order valence-corrected chi connectivity index (χ0v) is 13.4. The van der Waals surface area contributed by atoms with Crippen molar-refractivity contribution in [1.29, 1.82) is 0 Å². The fourth-order valence-corrected chi connectivity index (χ4v) is 4.31. The first kappa shape index (κ1) is 16.1. The van der Waals surface area contributed by atoms with Gasteiger partial charge in [-0.25, -0.2) is 8.42 Å². The molecule has 1 heterocycles. The Bertz CT molecular complexity index is 571. The molecule has 2 rings (SSSR count). The van der Waals surface area contributed by atoms with Gasteiger partial charge in [-0.15, -0.1) is 0 Å². The van der Waals surface area contributed by atoms with Crippen molar-refractivity contribution in [1.82, 2.24) is 5.32 Å². The van der Waals surface area contributed by atoms with E-state index < -0.39 is 9.84 Å². The molecule has 1 aromatic carbocycles. The fraction of sp³-hybridized carbons (Fsp3) is 0.600. The van der Waals surface area contributed by atoms with Crippen molar-refractivity contribution in [2.24, 2.45) is 0 Å². The zero-order valence-electron chi connectivity index (χ0n) is 12.6. The maximum atomic E-state index is 11.6.